The van der Waals surface area contributed by atoms with E-state index < -0.39 is 0 Å². The van der Waals surface area contributed by atoms with Gasteiger partial charge in [0.25, 0.3) is 0 Å². The molecule has 1 heterocycles. The van der Waals surface area contributed by atoms with Crippen molar-refractivity contribution < 1.29 is 9.47 Å². The second-order valence-corrected chi connectivity index (χ2v) is 7.01. The molecule has 2 aliphatic rings. The Morgan fingerprint density at radius 1 is 0.960 bits per heavy atom. The van der Waals surface area contributed by atoms with Crippen LogP contribution in [-0.2, 0) is 12.0 Å². The topological polar surface area (TPSA) is 21.7 Å². The van der Waals surface area contributed by atoms with Gasteiger partial charge < -0.3 is 9.47 Å². The van der Waals surface area contributed by atoms with E-state index in [1.807, 2.05) is 12.1 Å². The predicted molar refractivity (Wildman–Crippen MR) is 101 cm³/mol. The molecule has 25 heavy (non-hydrogen) atoms. The molecule has 3 nitrogen and oxygen atoms in total. The lowest BCUT2D eigenvalue weighted by Crippen LogP contribution is -2.40. The smallest absolute Gasteiger partial charge is 0.165 e. The first-order valence-corrected chi connectivity index (χ1v) is 8.97. The minimum atomic E-state index is 0.242. The first kappa shape index (κ1) is 16.2. The van der Waals surface area contributed by atoms with Crippen molar-refractivity contribution in [2.45, 2.75) is 24.8 Å². The average Bonchev–Trinajstić information content (AvgIpc) is 3.02. The van der Waals surface area contributed by atoms with Crippen LogP contribution in [0, 0.1) is 0 Å². The molecule has 1 spiro atoms. The summed E-state index contributed by atoms with van der Waals surface area (Å²) < 4.78 is 11.0. The van der Waals surface area contributed by atoms with Gasteiger partial charge in [-0.25, -0.2) is 0 Å². The first-order chi connectivity index (χ1) is 12.3. The number of piperidine rings is 1. The number of fused-ring (bicyclic) bond motifs is 2. The third-order valence-electron chi connectivity index (χ3n) is 5.71. The number of benzene rings is 2. The van der Waals surface area contributed by atoms with Crippen molar-refractivity contribution in [3.63, 3.8) is 0 Å². The number of hydrogen-bond donors (Lipinski definition) is 0. The standard InChI is InChI=1S/C22H25NO2/c1-24-20-9-5-7-18(21(20)25-2)16-23-14-12-22(13-15-23)11-10-17-6-3-4-8-19(17)22/h3-11H,12-16H2,1-2H3. The molecule has 0 unspecified atom stereocenters. The summed E-state index contributed by atoms with van der Waals surface area (Å²) in [7, 11) is 3.41. The van der Waals surface area contributed by atoms with Crippen LogP contribution in [0.3, 0.4) is 0 Å². The highest BCUT2D eigenvalue weighted by atomic mass is 16.5. The molecular formula is C22H25NO2. The van der Waals surface area contributed by atoms with Gasteiger partial charge in [0.05, 0.1) is 14.2 Å². The molecule has 1 fully saturated rings. The highest BCUT2D eigenvalue weighted by Gasteiger charge is 2.37. The van der Waals surface area contributed by atoms with Crippen LogP contribution in [0.2, 0.25) is 0 Å². The van der Waals surface area contributed by atoms with E-state index in [1.54, 1.807) is 14.2 Å². The summed E-state index contributed by atoms with van der Waals surface area (Å²) in [5.74, 6) is 1.66. The van der Waals surface area contributed by atoms with Crippen LogP contribution in [0.4, 0.5) is 0 Å². The maximum atomic E-state index is 5.59. The molecule has 1 saturated heterocycles. The summed E-state index contributed by atoms with van der Waals surface area (Å²) in [6.45, 7) is 3.10. The van der Waals surface area contributed by atoms with Gasteiger partial charge in [0.2, 0.25) is 0 Å². The summed E-state index contributed by atoms with van der Waals surface area (Å²) in [6, 6.07) is 15.0. The van der Waals surface area contributed by atoms with E-state index in [2.05, 4.69) is 47.4 Å². The summed E-state index contributed by atoms with van der Waals surface area (Å²) in [5.41, 5.74) is 4.34. The zero-order valence-corrected chi connectivity index (χ0v) is 15.0. The molecule has 0 bridgehead atoms. The van der Waals surface area contributed by atoms with E-state index >= 15 is 0 Å². The molecule has 0 N–H and O–H groups in total. The Bertz CT molecular complexity index is 788. The number of rotatable bonds is 4. The lowest BCUT2D eigenvalue weighted by molar-refractivity contribution is 0.175. The van der Waals surface area contributed by atoms with Crippen LogP contribution in [0.1, 0.15) is 29.5 Å². The van der Waals surface area contributed by atoms with Crippen molar-refractivity contribution in [3.8, 4) is 11.5 Å². The van der Waals surface area contributed by atoms with Crippen molar-refractivity contribution in [1.82, 2.24) is 4.90 Å². The maximum absolute atomic E-state index is 5.59. The van der Waals surface area contributed by atoms with Crippen LogP contribution in [0.15, 0.2) is 48.5 Å². The number of hydrogen-bond acceptors (Lipinski definition) is 3. The molecule has 0 amide bonds. The van der Waals surface area contributed by atoms with E-state index in [0.29, 0.717) is 0 Å². The van der Waals surface area contributed by atoms with Crippen molar-refractivity contribution in [2.24, 2.45) is 0 Å². The number of likely N-dealkylation sites (tertiary alicyclic amines) is 1. The van der Waals surface area contributed by atoms with Crippen molar-refractivity contribution in [3.05, 3.63) is 65.2 Å². The Morgan fingerprint density at radius 3 is 2.52 bits per heavy atom. The normalized spacial score (nSPS) is 18.3. The molecule has 3 heteroatoms. The fraction of sp³-hybridized carbons (Fsp3) is 0.364. The Balaban J connectivity index is 1.48. The van der Waals surface area contributed by atoms with Crippen LogP contribution < -0.4 is 9.47 Å². The molecule has 0 atom stereocenters. The largest absolute Gasteiger partial charge is 0.493 e. The van der Waals surface area contributed by atoms with E-state index in [4.69, 9.17) is 9.47 Å². The van der Waals surface area contributed by atoms with Crippen molar-refractivity contribution in [2.75, 3.05) is 27.3 Å². The molecule has 2 aromatic carbocycles. The van der Waals surface area contributed by atoms with Gasteiger partial charge in [-0.1, -0.05) is 48.6 Å². The van der Waals surface area contributed by atoms with Crippen LogP contribution in [0.5, 0.6) is 11.5 Å². The van der Waals surface area contributed by atoms with Crippen molar-refractivity contribution >= 4 is 6.08 Å². The Kier molecular flexibility index (Phi) is 4.26. The van der Waals surface area contributed by atoms with Gasteiger partial charge in [-0.05, 0) is 43.1 Å². The highest BCUT2D eigenvalue weighted by molar-refractivity contribution is 5.65. The molecule has 4 rings (SSSR count). The lowest BCUT2D eigenvalue weighted by Gasteiger charge is -2.39. The van der Waals surface area contributed by atoms with Gasteiger partial charge in [-0.2, -0.15) is 0 Å². The number of nitrogens with zero attached hydrogens (tertiary/aromatic N) is 1. The Morgan fingerprint density at radius 2 is 1.76 bits per heavy atom. The number of methoxy groups -OCH3 is 2. The third-order valence-corrected chi connectivity index (χ3v) is 5.71. The van der Waals surface area contributed by atoms with Gasteiger partial charge in [0, 0.05) is 17.5 Å². The maximum Gasteiger partial charge on any atom is 0.165 e. The van der Waals surface area contributed by atoms with Gasteiger partial charge >= 0.3 is 0 Å². The number of para-hydroxylation sites is 1. The third kappa shape index (κ3) is 2.83. The van der Waals surface area contributed by atoms with Crippen molar-refractivity contribution in [1.29, 1.82) is 0 Å². The summed E-state index contributed by atoms with van der Waals surface area (Å²) in [6.07, 6.45) is 7.08. The van der Waals surface area contributed by atoms with E-state index in [0.717, 1.165) is 31.1 Å². The minimum Gasteiger partial charge on any atom is -0.493 e. The number of allylic oxidation sites excluding steroid dienone is 1. The predicted octanol–water partition coefficient (Wildman–Crippen LogP) is 4.26. The first-order valence-electron chi connectivity index (χ1n) is 8.97. The van der Waals surface area contributed by atoms with E-state index in [9.17, 15) is 0 Å². The molecule has 0 saturated carbocycles. The van der Waals surface area contributed by atoms with E-state index in [1.165, 1.54) is 29.5 Å². The molecule has 0 radical (unpaired) electrons. The fourth-order valence-electron chi connectivity index (χ4n) is 4.30. The zero-order valence-electron chi connectivity index (χ0n) is 15.0. The van der Waals surface area contributed by atoms with Gasteiger partial charge in [-0.3, -0.25) is 4.90 Å². The second kappa shape index (κ2) is 6.57. The molecular weight excluding hydrogens is 310 g/mol. The second-order valence-electron chi connectivity index (χ2n) is 7.01. The molecule has 130 valence electrons. The summed E-state index contributed by atoms with van der Waals surface area (Å²) >= 11 is 0. The monoisotopic (exact) mass is 335 g/mol. The quantitative estimate of drug-likeness (QED) is 0.833. The Hall–Kier alpha value is -2.26. The SMILES string of the molecule is COc1cccc(CN2CCC3(C=Cc4ccccc43)CC2)c1OC. The van der Waals surface area contributed by atoms with Crippen LogP contribution >= 0.6 is 0 Å². The molecule has 1 aliphatic heterocycles. The molecule has 1 aliphatic carbocycles. The van der Waals surface area contributed by atoms with Gasteiger partial charge in [0.1, 0.15) is 0 Å². The van der Waals surface area contributed by atoms with E-state index in [-0.39, 0.29) is 5.41 Å². The minimum absolute atomic E-state index is 0.242. The number of ether oxygens (including phenoxy) is 2. The highest BCUT2D eigenvalue weighted by Crippen LogP contribution is 2.44. The molecule has 2 aromatic rings. The lowest BCUT2D eigenvalue weighted by atomic mass is 9.74. The summed E-state index contributed by atoms with van der Waals surface area (Å²) in [4.78, 5) is 2.53. The zero-order chi connectivity index (χ0) is 17.3. The average molecular weight is 335 g/mol. The van der Waals surface area contributed by atoms with Gasteiger partial charge in [0.15, 0.2) is 11.5 Å². The van der Waals surface area contributed by atoms with Crippen LogP contribution in [0.25, 0.3) is 6.08 Å². The van der Waals surface area contributed by atoms with Gasteiger partial charge in [-0.15, -0.1) is 0 Å². The van der Waals surface area contributed by atoms with Crippen LogP contribution in [-0.4, -0.2) is 32.2 Å². The Labute approximate surface area is 149 Å². The molecule has 0 aromatic heterocycles. The fourth-order valence-corrected chi connectivity index (χ4v) is 4.30. The summed E-state index contributed by atoms with van der Waals surface area (Å²) in [5, 5.41) is 0.